The first-order valence-electron chi connectivity index (χ1n) is 7.89. The van der Waals surface area contributed by atoms with E-state index in [9.17, 15) is 9.59 Å². The second kappa shape index (κ2) is 6.76. The molecule has 0 unspecified atom stereocenters. The van der Waals surface area contributed by atoms with E-state index in [0.29, 0.717) is 12.4 Å². The van der Waals surface area contributed by atoms with Gasteiger partial charge in [-0.1, -0.05) is 24.3 Å². The van der Waals surface area contributed by atoms with Crippen molar-refractivity contribution < 1.29 is 14.3 Å². The fraction of sp³-hybridized carbons (Fsp3) is 0.211. The molecule has 128 valence electrons. The second-order valence-corrected chi connectivity index (χ2v) is 5.88. The van der Waals surface area contributed by atoms with E-state index in [1.165, 1.54) is 6.07 Å². The lowest BCUT2D eigenvalue weighted by atomic mass is 9.99. The second-order valence-electron chi connectivity index (χ2n) is 5.88. The van der Waals surface area contributed by atoms with Crippen LogP contribution in [0.2, 0.25) is 0 Å². The van der Waals surface area contributed by atoms with Crippen molar-refractivity contribution in [1.29, 1.82) is 0 Å². The number of carboxylic acids is 1. The molecular weight excluding hydrogens is 320 g/mol. The van der Waals surface area contributed by atoms with E-state index in [4.69, 9.17) is 9.52 Å². The van der Waals surface area contributed by atoms with Gasteiger partial charge in [0, 0.05) is 30.6 Å². The first kappa shape index (κ1) is 16.7. The van der Waals surface area contributed by atoms with Crippen molar-refractivity contribution in [2.24, 2.45) is 0 Å². The van der Waals surface area contributed by atoms with E-state index in [0.717, 1.165) is 22.1 Å². The molecule has 2 heterocycles. The summed E-state index contributed by atoms with van der Waals surface area (Å²) in [4.78, 5) is 28.8. The molecular formula is C19H18N2O4. The zero-order valence-corrected chi connectivity index (χ0v) is 14.0. The number of fused-ring (bicyclic) bond motifs is 1. The summed E-state index contributed by atoms with van der Waals surface area (Å²) < 4.78 is 5.27. The van der Waals surface area contributed by atoms with Gasteiger partial charge < -0.3 is 14.4 Å². The van der Waals surface area contributed by atoms with E-state index in [1.807, 2.05) is 37.3 Å². The third-order valence-corrected chi connectivity index (χ3v) is 4.08. The number of carbonyl (C=O) groups is 1. The first-order valence-corrected chi connectivity index (χ1v) is 7.89. The maximum atomic E-state index is 12.0. The highest BCUT2D eigenvalue weighted by atomic mass is 16.4. The van der Waals surface area contributed by atoms with Crippen LogP contribution in [0.3, 0.4) is 0 Å². The Morgan fingerprint density at radius 2 is 1.96 bits per heavy atom. The zero-order chi connectivity index (χ0) is 18.0. The number of nitrogens with zero attached hydrogens (tertiary/aromatic N) is 2. The summed E-state index contributed by atoms with van der Waals surface area (Å²) in [5.41, 5.74) is 2.55. The molecule has 3 aromatic rings. The van der Waals surface area contributed by atoms with Crippen molar-refractivity contribution >= 4 is 22.9 Å². The van der Waals surface area contributed by atoms with Crippen LogP contribution in [0, 0.1) is 6.92 Å². The molecule has 0 fully saturated rings. The van der Waals surface area contributed by atoms with Crippen molar-refractivity contribution in [2.75, 3.05) is 18.5 Å². The quantitative estimate of drug-likeness (QED) is 0.770. The molecule has 6 heteroatoms. The Bertz CT molecular complexity index is 994. The Balaban J connectivity index is 2.09. The minimum atomic E-state index is -0.874. The maximum Gasteiger partial charge on any atom is 0.338 e. The molecule has 0 amide bonds. The van der Waals surface area contributed by atoms with E-state index >= 15 is 0 Å². The van der Waals surface area contributed by atoms with Gasteiger partial charge >= 0.3 is 11.6 Å². The third kappa shape index (κ3) is 3.52. The van der Waals surface area contributed by atoms with Crippen LogP contribution in [0.1, 0.15) is 12.0 Å². The van der Waals surface area contributed by atoms with E-state index in [1.54, 1.807) is 18.0 Å². The number of pyridine rings is 1. The molecule has 0 aliphatic heterocycles. The maximum absolute atomic E-state index is 12.0. The summed E-state index contributed by atoms with van der Waals surface area (Å²) in [5, 5.41) is 9.54. The number of aryl methyl sites for hydroxylation is 1. The van der Waals surface area contributed by atoms with Crippen molar-refractivity contribution in [3.05, 3.63) is 58.4 Å². The number of anilines is 1. The molecule has 0 saturated carbocycles. The monoisotopic (exact) mass is 338 g/mol. The van der Waals surface area contributed by atoms with Crippen LogP contribution in [-0.2, 0) is 4.79 Å². The van der Waals surface area contributed by atoms with Crippen LogP contribution >= 0.6 is 0 Å². The smallest absolute Gasteiger partial charge is 0.338 e. The largest absolute Gasteiger partial charge is 0.481 e. The van der Waals surface area contributed by atoms with E-state index in [2.05, 4.69) is 4.98 Å². The Hall–Kier alpha value is -3.15. The molecule has 6 nitrogen and oxygen atoms in total. The number of rotatable bonds is 5. The Morgan fingerprint density at radius 3 is 2.68 bits per heavy atom. The molecule has 0 spiro atoms. The Labute approximate surface area is 144 Å². The van der Waals surface area contributed by atoms with Gasteiger partial charge in [-0.05, 0) is 30.2 Å². The molecule has 0 saturated heterocycles. The minimum Gasteiger partial charge on any atom is -0.481 e. The van der Waals surface area contributed by atoms with Crippen molar-refractivity contribution in [2.45, 2.75) is 13.3 Å². The van der Waals surface area contributed by atoms with Crippen LogP contribution in [0.15, 0.2) is 51.7 Å². The highest BCUT2D eigenvalue weighted by molar-refractivity contribution is 5.92. The molecule has 1 aromatic carbocycles. The van der Waals surface area contributed by atoms with Crippen LogP contribution < -0.4 is 10.5 Å². The number of carboxylic acid groups (broad SMARTS) is 1. The number of hydrogen-bond donors (Lipinski definition) is 1. The van der Waals surface area contributed by atoms with Gasteiger partial charge in [-0.3, -0.25) is 4.79 Å². The number of hydrogen-bond acceptors (Lipinski definition) is 5. The molecule has 1 N–H and O–H groups in total. The molecule has 0 bridgehead atoms. The van der Waals surface area contributed by atoms with Gasteiger partial charge in [-0.15, -0.1) is 0 Å². The van der Waals surface area contributed by atoms with Gasteiger partial charge in [0.25, 0.3) is 0 Å². The molecule has 0 atom stereocenters. The Kier molecular flexibility index (Phi) is 4.52. The fourth-order valence-electron chi connectivity index (χ4n) is 2.72. The van der Waals surface area contributed by atoms with Gasteiger partial charge in [0.2, 0.25) is 5.71 Å². The summed E-state index contributed by atoms with van der Waals surface area (Å²) in [6.07, 6.45) is 0.00339. The zero-order valence-electron chi connectivity index (χ0n) is 14.0. The van der Waals surface area contributed by atoms with E-state index < -0.39 is 11.6 Å². The van der Waals surface area contributed by atoms with Crippen molar-refractivity contribution in [3.8, 4) is 11.1 Å². The summed E-state index contributed by atoms with van der Waals surface area (Å²) in [6, 6.07) is 12.9. The highest BCUT2D eigenvalue weighted by Gasteiger charge is 2.13. The summed E-state index contributed by atoms with van der Waals surface area (Å²) in [7, 11) is 1.75. The minimum absolute atomic E-state index is 0.00339. The average molecular weight is 338 g/mol. The molecule has 3 rings (SSSR count). The third-order valence-electron chi connectivity index (χ3n) is 4.08. The van der Waals surface area contributed by atoms with Crippen LogP contribution in [0.25, 0.3) is 22.2 Å². The highest BCUT2D eigenvalue weighted by Crippen LogP contribution is 2.29. The van der Waals surface area contributed by atoms with Gasteiger partial charge in [0.15, 0.2) is 0 Å². The lowest BCUT2D eigenvalue weighted by Gasteiger charge is -2.17. The SMILES string of the molecule is Cc1ccccc1-c1cc(=O)oc2nc(N(C)CCC(=O)O)ccc12. The van der Waals surface area contributed by atoms with Gasteiger partial charge in [0.1, 0.15) is 5.82 Å². The fourth-order valence-corrected chi connectivity index (χ4v) is 2.72. The number of aromatic nitrogens is 1. The van der Waals surface area contributed by atoms with Crippen LogP contribution in [0.5, 0.6) is 0 Å². The standard InChI is InChI=1S/C19H18N2O4/c1-12-5-3-4-6-13(12)15-11-18(24)25-19-14(15)7-8-16(20-19)21(2)10-9-17(22)23/h3-8,11H,9-10H2,1-2H3,(H,22,23). The molecule has 25 heavy (non-hydrogen) atoms. The summed E-state index contributed by atoms with van der Waals surface area (Å²) in [6.45, 7) is 2.30. The van der Waals surface area contributed by atoms with Gasteiger partial charge in [-0.2, -0.15) is 4.98 Å². The number of aliphatic carboxylic acids is 1. The summed E-state index contributed by atoms with van der Waals surface area (Å²) >= 11 is 0. The predicted molar refractivity (Wildman–Crippen MR) is 96.0 cm³/mol. The average Bonchev–Trinajstić information content (AvgIpc) is 2.58. The first-order chi connectivity index (χ1) is 12.0. The predicted octanol–water partition coefficient (Wildman–Crippen LogP) is 3.07. The van der Waals surface area contributed by atoms with Gasteiger partial charge in [-0.25, -0.2) is 4.79 Å². The summed E-state index contributed by atoms with van der Waals surface area (Å²) in [5.74, 6) is -0.320. The van der Waals surface area contributed by atoms with Crippen LogP contribution in [0.4, 0.5) is 5.82 Å². The number of benzene rings is 1. The molecule has 0 aliphatic rings. The van der Waals surface area contributed by atoms with Crippen LogP contribution in [-0.4, -0.2) is 29.7 Å². The molecule has 2 aromatic heterocycles. The van der Waals surface area contributed by atoms with Crippen molar-refractivity contribution in [1.82, 2.24) is 4.98 Å². The Morgan fingerprint density at radius 1 is 1.20 bits per heavy atom. The normalized spacial score (nSPS) is 10.8. The van der Waals surface area contributed by atoms with E-state index in [-0.39, 0.29) is 12.1 Å². The topological polar surface area (TPSA) is 83.6 Å². The van der Waals surface area contributed by atoms with Crippen molar-refractivity contribution in [3.63, 3.8) is 0 Å². The lowest BCUT2D eigenvalue weighted by Crippen LogP contribution is -2.22. The molecule has 0 radical (unpaired) electrons. The van der Waals surface area contributed by atoms with Gasteiger partial charge in [0.05, 0.1) is 6.42 Å². The molecule has 0 aliphatic carbocycles. The lowest BCUT2D eigenvalue weighted by molar-refractivity contribution is -0.136.